The summed E-state index contributed by atoms with van der Waals surface area (Å²) in [7, 11) is 0. The van der Waals surface area contributed by atoms with E-state index in [4.69, 9.17) is 4.74 Å². The van der Waals surface area contributed by atoms with Crippen LogP contribution in [0.4, 0.5) is 24.5 Å². The van der Waals surface area contributed by atoms with Crippen LogP contribution in [0.15, 0.2) is 40.0 Å². The average Bonchev–Trinajstić information content (AvgIpc) is 3.36. The number of carbonyl (C=O) groups is 1. The Bertz CT molecular complexity index is 1070. The van der Waals surface area contributed by atoms with E-state index in [2.05, 4.69) is 65.1 Å². The second-order valence-electron chi connectivity index (χ2n) is 10.7. The molecule has 2 heterocycles. The molecule has 0 spiro atoms. The Morgan fingerprint density at radius 1 is 1.27 bits per heavy atom. The van der Waals surface area contributed by atoms with Crippen LogP contribution in [0.5, 0.6) is 0 Å². The molecule has 228 valence electrons. The number of ether oxygens (including phenoxy) is 1. The van der Waals surface area contributed by atoms with Crippen molar-refractivity contribution in [1.29, 1.82) is 0 Å². The highest BCUT2D eigenvalue weighted by Crippen LogP contribution is 2.32. The van der Waals surface area contributed by atoms with E-state index in [9.17, 15) is 18.0 Å². The molecule has 2 aliphatic rings. The highest BCUT2D eigenvalue weighted by atomic mass is 19.4. The monoisotopic (exact) mass is 578 g/mol. The average molecular weight is 579 g/mol. The third-order valence-corrected chi connectivity index (χ3v) is 8.01. The van der Waals surface area contributed by atoms with E-state index in [1.807, 2.05) is 6.07 Å². The number of amides is 1. The first-order valence-corrected chi connectivity index (χ1v) is 14.7. The number of hydrogen-bond donors (Lipinski definition) is 2. The van der Waals surface area contributed by atoms with Crippen LogP contribution in [0.3, 0.4) is 0 Å². The number of aliphatic imine (C=N–C) groups is 2. The molecule has 1 aromatic rings. The van der Waals surface area contributed by atoms with Crippen molar-refractivity contribution in [3.05, 3.63) is 35.5 Å². The van der Waals surface area contributed by atoms with E-state index < -0.39 is 11.7 Å². The van der Waals surface area contributed by atoms with E-state index in [0.717, 1.165) is 30.8 Å². The zero-order valence-electron chi connectivity index (χ0n) is 24.6. The van der Waals surface area contributed by atoms with E-state index in [-0.39, 0.29) is 25.0 Å². The lowest BCUT2D eigenvalue weighted by Crippen LogP contribution is -2.37. The van der Waals surface area contributed by atoms with Crippen LogP contribution < -0.4 is 15.5 Å². The number of hydrogen-bond acceptors (Lipinski definition) is 6. The fourth-order valence-corrected chi connectivity index (χ4v) is 5.29. The topological polar surface area (TPSA) is 81.6 Å². The van der Waals surface area contributed by atoms with Crippen LogP contribution in [0.1, 0.15) is 52.0 Å². The molecular weight excluding hydrogens is 533 g/mol. The molecule has 2 aliphatic heterocycles. The molecule has 2 fully saturated rings. The fourth-order valence-electron chi connectivity index (χ4n) is 5.29. The summed E-state index contributed by atoms with van der Waals surface area (Å²) in [6, 6.07) is 6.23. The summed E-state index contributed by atoms with van der Waals surface area (Å²) in [6.07, 6.45) is -0.0582. The molecule has 8 nitrogen and oxygen atoms in total. The lowest BCUT2D eigenvalue weighted by molar-refractivity contribution is -0.130. The van der Waals surface area contributed by atoms with Gasteiger partial charge in [-0.2, -0.15) is 13.2 Å². The third-order valence-electron chi connectivity index (χ3n) is 8.01. The van der Waals surface area contributed by atoms with Gasteiger partial charge in [0.05, 0.1) is 19.6 Å². The largest absolute Gasteiger partial charge is 0.421 e. The van der Waals surface area contributed by atoms with Gasteiger partial charge in [0.15, 0.2) is 0 Å². The third kappa shape index (κ3) is 9.48. The van der Waals surface area contributed by atoms with E-state index in [1.165, 1.54) is 18.5 Å². The van der Waals surface area contributed by atoms with Crippen LogP contribution in [0.25, 0.3) is 0 Å². The van der Waals surface area contributed by atoms with Gasteiger partial charge >= 0.3 is 6.18 Å². The van der Waals surface area contributed by atoms with Crippen LogP contribution >= 0.6 is 0 Å². The minimum absolute atomic E-state index is 0.00913. The van der Waals surface area contributed by atoms with Crippen molar-refractivity contribution in [1.82, 2.24) is 10.2 Å². The van der Waals surface area contributed by atoms with Crippen molar-refractivity contribution in [2.75, 3.05) is 62.8 Å². The highest BCUT2D eigenvalue weighted by molar-refractivity contribution is 5.99. The second kappa shape index (κ2) is 15.8. The van der Waals surface area contributed by atoms with Crippen molar-refractivity contribution in [3.8, 4) is 0 Å². The van der Waals surface area contributed by atoms with Crippen molar-refractivity contribution < 1.29 is 22.7 Å². The number of halogens is 3. The Kier molecular flexibility index (Phi) is 12.5. The first-order valence-electron chi connectivity index (χ1n) is 14.7. The predicted molar refractivity (Wildman–Crippen MR) is 160 cm³/mol. The van der Waals surface area contributed by atoms with Crippen molar-refractivity contribution >= 4 is 29.8 Å². The maximum absolute atomic E-state index is 13.8. The number of benzene rings is 1. The van der Waals surface area contributed by atoms with Gasteiger partial charge < -0.3 is 25.2 Å². The maximum atomic E-state index is 13.8. The molecule has 2 atom stereocenters. The Morgan fingerprint density at radius 2 is 2.07 bits per heavy atom. The van der Waals surface area contributed by atoms with Gasteiger partial charge in [-0.05, 0) is 61.6 Å². The van der Waals surface area contributed by atoms with Crippen molar-refractivity contribution in [2.24, 2.45) is 21.8 Å². The summed E-state index contributed by atoms with van der Waals surface area (Å²) in [5, 5.41) is 6.02. The van der Waals surface area contributed by atoms with Crippen molar-refractivity contribution in [3.63, 3.8) is 0 Å². The lowest BCUT2D eigenvalue weighted by atomic mass is 9.91. The SMILES string of the molecule is C=N/C=C(\C(=N/CNc1ccc(N2CCC(C(C)CC)C2)cc1CC)NCCCN1CCOCCC1=O)C(F)(F)F. The number of nitrogens with zero attached hydrogens (tertiary/aromatic N) is 4. The number of aryl methyl sites for hydroxylation is 1. The fraction of sp³-hybridized carbons (Fsp3) is 0.633. The number of alkyl halides is 3. The maximum Gasteiger partial charge on any atom is 0.421 e. The Morgan fingerprint density at radius 3 is 2.78 bits per heavy atom. The number of carbonyl (C=O) groups excluding carboxylic acids is 1. The number of anilines is 2. The smallest absolute Gasteiger partial charge is 0.379 e. The zero-order chi connectivity index (χ0) is 29.8. The van der Waals surface area contributed by atoms with Gasteiger partial charge in [-0.25, -0.2) is 4.99 Å². The Labute approximate surface area is 242 Å². The van der Waals surface area contributed by atoms with E-state index >= 15 is 0 Å². The van der Waals surface area contributed by atoms with E-state index in [0.29, 0.717) is 57.2 Å². The van der Waals surface area contributed by atoms with Crippen LogP contribution in [0.2, 0.25) is 0 Å². The molecule has 3 rings (SSSR count). The number of rotatable bonds is 13. The van der Waals surface area contributed by atoms with Gasteiger partial charge in [0, 0.05) is 50.3 Å². The molecule has 11 heteroatoms. The first-order chi connectivity index (χ1) is 19.7. The molecule has 2 saturated heterocycles. The van der Waals surface area contributed by atoms with Crippen LogP contribution in [-0.2, 0) is 16.0 Å². The second-order valence-corrected chi connectivity index (χ2v) is 10.7. The molecule has 0 bridgehead atoms. The predicted octanol–water partition coefficient (Wildman–Crippen LogP) is 5.26. The number of amidine groups is 1. The molecule has 0 aliphatic carbocycles. The zero-order valence-corrected chi connectivity index (χ0v) is 24.6. The highest BCUT2D eigenvalue weighted by Gasteiger charge is 2.37. The van der Waals surface area contributed by atoms with Gasteiger partial charge in [0.25, 0.3) is 0 Å². The number of nitrogens with one attached hydrogen (secondary N) is 2. The first kappa shape index (κ1) is 32.4. The van der Waals surface area contributed by atoms with Gasteiger partial charge in [-0.3, -0.25) is 9.79 Å². The minimum atomic E-state index is -4.66. The molecule has 41 heavy (non-hydrogen) atoms. The van der Waals surface area contributed by atoms with Crippen LogP contribution in [-0.4, -0.2) is 82.1 Å². The molecule has 1 amide bonds. The van der Waals surface area contributed by atoms with Crippen LogP contribution in [0, 0.1) is 11.8 Å². The van der Waals surface area contributed by atoms with Gasteiger partial charge in [0.1, 0.15) is 18.1 Å². The summed E-state index contributed by atoms with van der Waals surface area (Å²) in [6.45, 7) is 13.8. The van der Waals surface area contributed by atoms with Gasteiger partial charge in [-0.1, -0.05) is 27.2 Å². The normalized spacial score (nSPS) is 19.8. The summed E-state index contributed by atoms with van der Waals surface area (Å²) >= 11 is 0. The van der Waals surface area contributed by atoms with Crippen molar-refractivity contribution in [2.45, 2.75) is 59.1 Å². The van der Waals surface area contributed by atoms with E-state index in [1.54, 1.807) is 4.90 Å². The molecule has 0 radical (unpaired) electrons. The van der Waals surface area contributed by atoms with Gasteiger partial charge in [-0.15, -0.1) is 0 Å². The molecule has 1 aromatic carbocycles. The quantitative estimate of drug-likeness (QED) is 0.190. The molecule has 0 saturated carbocycles. The summed E-state index contributed by atoms with van der Waals surface area (Å²) in [5.41, 5.74) is 2.12. The Balaban J connectivity index is 1.66. The molecular formula is C30H45F3N6O2. The molecule has 0 aromatic heterocycles. The summed E-state index contributed by atoms with van der Waals surface area (Å²) < 4.78 is 46.9. The molecule has 2 unspecified atom stereocenters. The summed E-state index contributed by atoms with van der Waals surface area (Å²) in [4.78, 5) is 23.9. The molecule has 2 N–H and O–H groups in total. The van der Waals surface area contributed by atoms with Gasteiger partial charge in [0.2, 0.25) is 5.91 Å². The Hall–Kier alpha value is -3.08. The lowest BCUT2D eigenvalue weighted by Gasteiger charge is -2.23. The minimum Gasteiger partial charge on any atom is -0.379 e. The standard InChI is InChI=1S/C30H45F3N6O2/c1-5-22(3)24-10-14-39(20-24)25-8-9-27(23(6-2)18-25)36-21-37-29(26(19-34-4)30(31,32)33)35-12-7-13-38-15-17-41-16-11-28(38)40/h8-9,18-19,22,24,36H,4-7,10-17,20-21H2,1-3H3,(H,35,37)/b26-19+. The summed E-state index contributed by atoms with van der Waals surface area (Å²) in [5.74, 6) is 1.07.